The summed E-state index contributed by atoms with van der Waals surface area (Å²) in [6, 6.07) is 3.22. The lowest BCUT2D eigenvalue weighted by Crippen LogP contribution is -2.28. The molecule has 0 fully saturated rings. The fourth-order valence-corrected chi connectivity index (χ4v) is 2.95. The van der Waals surface area contributed by atoms with Crippen LogP contribution in [0.15, 0.2) is 18.3 Å². The zero-order valence-electron chi connectivity index (χ0n) is 12.6. The molecule has 0 spiro atoms. The minimum absolute atomic E-state index is 0.0749. The second-order valence-corrected chi connectivity index (χ2v) is 5.95. The predicted octanol–water partition coefficient (Wildman–Crippen LogP) is 3.04. The van der Waals surface area contributed by atoms with Crippen LogP contribution in [0.2, 0.25) is 0 Å². The zero-order chi connectivity index (χ0) is 15.4. The van der Waals surface area contributed by atoms with Crippen molar-refractivity contribution in [3.8, 4) is 5.88 Å². The quantitative estimate of drug-likeness (QED) is 0.922. The van der Waals surface area contributed by atoms with Crippen molar-refractivity contribution in [3.63, 3.8) is 0 Å². The number of pyridine rings is 1. The van der Waals surface area contributed by atoms with E-state index in [0.717, 1.165) is 17.1 Å². The first kappa shape index (κ1) is 15.4. The van der Waals surface area contributed by atoms with Crippen LogP contribution in [0.3, 0.4) is 0 Å². The fraction of sp³-hybridized carbons (Fsp3) is 0.400. The number of nitrogens with zero attached hydrogens (tertiary/aromatic N) is 2. The van der Waals surface area contributed by atoms with Crippen LogP contribution in [-0.2, 0) is 0 Å². The van der Waals surface area contributed by atoms with Crippen molar-refractivity contribution in [2.45, 2.75) is 33.2 Å². The normalized spacial score (nSPS) is 12.0. The Morgan fingerprint density at radius 1 is 1.48 bits per heavy atom. The van der Waals surface area contributed by atoms with Crippen LogP contribution in [0.4, 0.5) is 0 Å². The molecule has 1 atom stereocenters. The van der Waals surface area contributed by atoms with Crippen LogP contribution in [0, 0.1) is 13.8 Å². The topological polar surface area (TPSA) is 64.1 Å². The maximum absolute atomic E-state index is 12.3. The Kier molecular flexibility index (Phi) is 4.90. The molecule has 2 heterocycles. The monoisotopic (exact) mass is 305 g/mol. The standard InChI is InChI=1S/C15H19N3O2S/c1-5-12(15-17-9(2)10(3)21-15)18-14(19)11-6-7-16-13(8-11)20-4/h6-8,12H,5H2,1-4H3,(H,18,19)/t12-/m1/s1. The van der Waals surface area contributed by atoms with E-state index in [1.54, 1.807) is 29.7 Å². The van der Waals surface area contributed by atoms with Gasteiger partial charge in [0.1, 0.15) is 5.01 Å². The molecule has 0 aliphatic carbocycles. The van der Waals surface area contributed by atoms with Gasteiger partial charge in [0, 0.05) is 22.7 Å². The number of thiazole rings is 1. The highest BCUT2D eigenvalue weighted by molar-refractivity contribution is 7.11. The maximum atomic E-state index is 12.3. The molecular formula is C15H19N3O2S. The number of aromatic nitrogens is 2. The maximum Gasteiger partial charge on any atom is 0.252 e. The van der Waals surface area contributed by atoms with Crippen molar-refractivity contribution in [2.75, 3.05) is 7.11 Å². The molecule has 0 saturated carbocycles. The Morgan fingerprint density at radius 3 is 2.81 bits per heavy atom. The second-order valence-electron chi connectivity index (χ2n) is 4.71. The van der Waals surface area contributed by atoms with Crippen LogP contribution in [0.5, 0.6) is 5.88 Å². The van der Waals surface area contributed by atoms with Crippen molar-refractivity contribution in [3.05, 3.63) is 39.5 Å². The average molecular weight is 305 g/mol. The Morgan fingerprint density at radius 2 is 2.24 bits per heavy atom. The van der Waals surface area contributed by atoms with Gasteiger partial charge in [0.05, 0.1) is 18.8 Å². The molecule has 0 bridgehead atoms. The molecular weight excluding hydrogens is 286 g/mol. The van der Waals surface area contributed by atoms with Gasteiger partial charge in [-0.3, -0.25) is 4.79 Å². The molecule has 2 aromatic heterocycles. The van der Waals surface area contributed by atoms with E-state index in [1.165, 1.54) is 12.0 Å². The summed E-state index contributed by atoms with van der Waals surface area (Å²) in [5, 5.41) is 3.96. The summed E-state index contributed by atoms with van der Waals surface area (Å²) in [5.74, 6) is 0.282. The number of rotatable bonds is 5. The molecule has 1 amide bonds. The van der Waals surface area contributed by atoms with E-state index in [2.05, 4.69) is 15.3 Å². The Bertz CT molecular complexity index is 620. The number of amides is 1. The average Bonchev–Trinajstić information content (AvgIpc) is 2.83. The van der Waals surface area contributed by atoms with E-state index < -0.39 is 0 Å². The molecule has 0 saturated heterocycles. The summed E-state index contributed by atoms with van der Waals surface area (Å²) in [5.41, 5.74) is 1.55. The number of carbonyl (C=O) groups is 1. The molecule has 0 unspecified atom stereocenters. The largest absolute Gasteiger partial charge is 0.481 e. The third-order valence-corrected chi connectivity index (χ3v) is 4.45. The van der Waals surface area contributed by atoms with Gasteiger partial charge in [0.15, 0.2) is 0 Å². The van der Waals surface area contributed by atoms with Gasteiger partial charge < -0.3 is 10.1 Å². The number of hydrogen-bond acceptors (Lipinski definition) is 5. The molecule has 0 aliphatic rings. The van der Waals surface area contributed by atoms with Gasteiger partial charge in [-0.15, -0.1) is 11.3 Å². The van der Waals surface area contributed by atoms with Gasteiger partial charge >= 0.3 is 0 Å². The van der Waals surface area contributed by atoms with Crippen LogP contribution in [-0.4, -0.2) is 23.0 Å². The molecule has 21 heavy (non-hydrogen) atoms. The summed E-state index contributed by atoms with van der Waals surface area (Å²) >= 11 is 1.63. The summed E-state index contributed by atoms with van der Waals surface area (Å²) in [6.45, 7) is 6.06. The van der Waals surface area contributed by atoms with Gasteiger partial charge in [0.2, 0.25) is 5.88 Å². The van der Waals surface area contributed by atoms with E-state index in [-0.39, 0.29) is 11.9 Å². The van der Waals surface area contributed by atoms with E-state index in [1.807, 2.05) is 20.8 Å². The third-order valence-electron chi connectivity index (χ3n) is 3.26. The number of hydrogen-bond donors (Lipinski definition) is 1. The highest BCUT2D eigenvalue weighted by Crippen LogP contribution is 2.25. The third kappa shape index (κ3) is 3.58. The van der Waals surface area contributed by atoms with E-state index in [4.69, 9.17) is 4.74 Å². The first-order chi connectivity index (χ1) is 10.0. The van der Waals surface area contributed by atoms with E-state index in [9.17, 15) is 4.79 Å². The first-order valence-electron chi connectivity index (χ1n) is 6.80. The number of methoxy groups -OCH3 is 1. The van der Waals surface area contributed by atoms with Crippen molar-refractivity contribution >= 4 is 17.2 Å². The van der Waals surface area contributed by atoms with Gasteiger partial charge in [-0.05, 0) is 26.3 Å². The minimum atomic E-state index is -0.145. The smallest absolute Gasteiger partial charge is 0.252 e. The van der Waals surface area contributed by atoms with Gasteiger partial charge in [-0.2, -0.15) is 0 Å². The van der Waals surface area contributed by atoms with Gasteiger partial charge in [0.25, 0.3) is 5.91 Å². The van der Waals surface area contributed by atoms with Crippen molar-refractivity contribution in [1.29, 1.82) is 0 Å². The Labute approximate surface area is 128 Å². The lowest BCUT2D eigenvalue weighted by Gasteiger charge is -2.14. The zero-order valence-corrected chi connectivity index (χ0v) is 13.5. The summed E-state index contributed by atoms with van der Waals surface area (Å²) in [7, 11) is 1.53. The SMILES string of the molecule is CC[C@@H](NC(=O)c1ccnc(OC)c1)c1nc(C)c(C)s1. The Hall–Kier alpha value is -1.95. The molecule has 6 heteroatoms. The Balaban J connectivity index is 2.15. The van der Waals surface area contributed by atoms with Gasteiger partial charge in [-0.25, -0.2) is 9.97 Å². The van der Waals surface area contributed by atoms with Crippen LogP contribution in [0.1, 0.15) is 45.3 Å². The number of carbonyl (C=O) groups excluding carboxylic acids is 1. The van der Waals surface area contributed by atoms with Crippen LogP contribution < -0.4 is 10.1 Å². The molecule has 2 aromatic rings. The predicted molar refractivity (Wildman–Crippen MR) is 82.9 cm³/mol. The highest BCUT2D eigenvalue weighted by Gasteiger charge is 2.18. The molecule has 2 rings (SSSR count). The number of aryl methyl sites for hydroxylation is 2. The van der Waals surface area contributed by atoms with Crippen molar-refractivity contribution in [2.24, 2.45) is 0 Å². The van der Waals surface area contributed by atoms with E-state index >= 15 is 0 Å². The highest BCUT2D eigenvalue weighted by atomic mass is 32.1. The van der Waals surface area contributed by atoms with Crippen molar-refractivity contribution in [1.82, 2.24) is 15.3 Å². The molecule has 112 valence electrons. The first-order valence-corrected chi connectivity index (χ1v) is 7.61. The summed E-state index contributed by atoms with van der Waals surface area (Å²) < 4.78 is 5.04. The lowest BCUT2D eigenvalue weighted by atomic mass is 10.2. The number of nitrogens with one attached hydrogen (secondary N) is 1. The molecule has 5 nitrogen and oxygen atoms in total. The van der Waals surface area contributed by atoms with Gasteiger partial charge in [-0.1, -0.05) is 6.92 Å². The number of ether oxygens (including phenoxy) is 1. The fourth-order valence-electron chi connectivity index (χ4n) is 1.89. The molecule has 0 aliphatic heterocycles. The minimum Gasteiger partial charge on any atom is -0.481 e. The van der Waals surface area contributed by atoms with Crippen LogP contribution >= 0.6 is 11.3 Å². The molecule has 0 aromatic carbocycles. The molecule has 0 radical (unpaired) electrons. The summed E-state index contributed by atoms with van der Waals surface area (Å²) in [4.78, 5) is 22.0. The molecule has 1 N–H and O–H groups in total. The van der Waals surface area contributed by atoms with Crippen LogP contribution in [0.25, 0.3) is 0 Å². The van der Waals surface area contributed by atoms with E-state index in [0.29, 0.717) is 11.4 Å². The lowest BCUT2D eigenvalue weighted by molar-refractivity contribution is 0.0935. The van der Waals surface area contributed by atoms with Crippen molar-refractivity contribution < 1.29 is 9.53 Å². The summed E-state index contributed by atoms with van der Waals surface area (Å²) in [6.07, 6.45) is 2.35. The second kappa shape index (κ2) is 6.67.